The number of benzene rings is 2. The molecule has 0 heterocycles. The van der Waals surface area contributed by atoms with Gasteiger partial charge in [0.1, 0.15) is 6.54 Å². The van der Waals surface area contributed by atoms with Crippen LogP contribution in [0.15, 0.2) is 42.5 Å². The average Bonchev–Trinajstić information content (AvgIpc) is 2.47. The van der Waals surface area contributed by atoms with Crippen molar-refractivity contribution in [3.63, 3.8) is 0 Å². The predicted molar refractivity (Wildman–Crippen MR) is 94.3 cm³/mol. The average molecular weight is 351 g/mol. The summed E-state index contributed by atoms with van der Waals surface area (Å²) in [5.74, 6) is -0.556. The number of amides is 2. The molecule has 6 heteroatoms. The van der Waals surface area contributed by atoms with E-state index in [2.05, 4.69) is 5.32 Å². The molecule has 2 aromatic rings. The van der Waals surface area contributed by atoms with E-state index in [-0.39, 0.29) is 18.4 Å². The van der Waals surface area contributed by atoms with Crippen molar-refractivity contribution >= 4 is 46.4 Å². The van der Waals surface area contributed by atoms with Gasteiger partial charge in [0.25, 0.3) is 0 Å². The number of aryl methyl sites for hydroxylation is 1. The summed E-state index contributed by atoms with van der Waals surface area (Å²) in [6.07, 6.45) is 0. The van der Waals surface area contributed by atoms with Crippen LogP contribution in [0.5, 0.6) is 0 Å². The highest BCUT2D eigenvalue weighted by Crippen LogP contribution is 2.27. The van der Waals surface area contributed by atoms with Crippen LogP contribution >= 0.6 is 23.2 Å². The first-order valence-corrected chi connectivity index (χ1v) is 7.72. The summed E-state index contributed by atoms with van der Waals surface area (Å²) in [5.41, 5.74) is 2.25. The highest BCUT2D eigenvalue weighted by molar-refractivity contribution is 6.42. The molecule has 0 radical (unpaired) electrons. The summed E-state index contributed by atoms with van der Waals surface area (Å²) >= 11 is 11.9. The number of rotatable bonds is 4. The minimum Gasteiger partial charge on any atom is -0.325 e. The van der Waals surface area contributed by atoms with Crippen molar-refractivity contribution in [2.75, 3.05) is 16.8 Å². The van der Waals surface area contributed by atoms with Crippen molar-refractivity contribution in [2.45, 2.75) is 13.8 Å². The number of nitrogens with zero attached hydrogens (tertiary/aromatic N) is 1. The lowest BCUT2D eigenvalue weighted by Gasteiger charge is -2.21. The Hall–Kier alpha value is -2.04. The standard InChI is InChI=1S/C17H16Cl2N2O2/c1-11-4-3-5-13(8-11)20-17(23)10-21(12(2)22)14-6-7-15(18)16(19)9-14/h3-9H,10H2,1-2H3,(H,20,23). The zero-order valence-electron chi connectivity index (χ0n) is 12.8. The fourth-order valence-electron chi connectivity index (χ4n) is 2.10. The number of carbonyl (C=O) groups is 2. The Balaban J connectivity index is 2.14. The Kier molecular flexibility index (Phi) is 5.64. The van der Waals surface area contributed by atoms with Gasteiger partial charge in [-0.1, -0.05) is 35.3 Å². The number of carbonyl (C=O) groups excluding carboxylic acids is 2. The monoisotopic (exact) mass is 350 g/mol. The van der Waals surface area contributed by atoms with Gasteiger partial charge in [0.05, 0.1) is 10.0 Å². The molecule has 23 heavy (non-hydrogen) atoms. The van der Waals surface area contributed by atoms with E-state index in [0.29, 0.717) is 21.4 Å². The number of anilines is 2. The van der Waals surface area contributed by atoms with Crippen molar-refractivity contribution in [3.05, 3.63) is 58.1 Å². The minimum atomic E-state index is -0.295. The van der Waals surface area contributed by atoms with Gasteiger partial charge >= 0.3 is 0 Å². The maximum absolute atomic E-state index is 12.2. The Morgan fingerprint density at radius 3 is 2.43 bits per heavy atom. The van der Waals surface area contributed by atoms with Crippen LogP contribution in [-0.4, -0.2) is 18.4 Å². The van der Waals surface area contributed by atoms with Crippen LogP contribution in [0, 0.1) is 6.92 Å². The van der Waals surface area contributed by atoms with Crippen LogP contribution in [0.25, 0.3) is 0 Å². The fourth-order valence-corrected chi connectivity index (χ4v) is 2.40. The first kappa shape index (κ1) is 17.3. The molecule has 0 unspecified atom stereocenters. The first-order chi connectivity index (χ1) is 10.9. The van der Waals surface area contributed by atoms with Crippen LogP contribution in [0.3, 0.4) is 0 Å². The Morgan fingerprint density at radius 1 is 1.09 bits per heavy atom. The van der Waals surface area contributed by atoms with Crippen LogP contribution in [0.1, 0.15) is 12.5 Å². The molecular weight excluding hydrogens is 335 g/mol. The summed E-state index contributed by atoms with van der Waals surface area (Å²) in [4.78, 5) is 25.4. The van der Waals surface area contributed by atoms with Gasteiger partial charge in [-0.25, -0.2) is 0 Å². The summed E-state index contributed by atoms with van der Waals surface area (Å²) in [6, 6.07) is 12.2. The molecule has 0 aliphatic heterocycles. The minimum absolute atomic E-state index is 0.110. The topological polar surface area (TPSA) is 49.4 Å². The second kappa shape index (κ2) is 7.49. The molecule has 2 aromatic carbocycles. The Morgan fingerprint density at radius 2 is 1.83 bits per heavy atom. The molecule has 0 bridgehead atoms. The fraction of sp³-hybridized carbons (Fsp3) is 0.176. The molecule has 2 rings (SSSR count). The van der Waals surface area contributed by atoms with Gasteiger partial charge in [-0.2, -0.15) is 0 Å². The summed E-state index contributed by atoms with van der Waals surface area (Å²) in [7, 11) is 0. The summed E-state index contributed by atoms with van der Waals surface area (Å²) in [5, 5.41) is 3.49. The van der Waals surface area contributed by atoms with Crippen molar-refractivity contribution in [2.24, 2.45) is 0 Å². The summed E-state index contributed by atoms with van der Waals surface area (Å²) in [6.45, 7) is 3.22. The van der Waals surface area contributed by atoms with E-state index in [1.54, 1.807) is 24.3 Å². The molecule has 0 aliphatic rings. The summed E-state index contributed by atoms with van der Waals surface area (Å²) < 4.78 is 0. The normalized spacial score (nSPS) is 10.3. The van der Waals surface area contributed by atoms with E-state index in [1.165, 1.54) is 11.8 Å². The van der Waals surface area contributed by atoms with Gasteiger partial charge in [-0.15, -0.1) is 0 Å². The third-order valence-corrected chi connectivity index (χ3v) is 3.94. The third kappa shape index (κ3) is 4.71. The zero-order valence-corrected chi connectivity index (χ0v) is 14.3. The van der Waals surface area contributed by atoms with Crippen molar-refractivity contribution < 1.29 is 9.59 Å². The van der Waals surface area contributed by atoms with E-state index in [0.717, 1.165) is 5.56 Å². The highest BCUT2D eigenvalue weighted by Gasteiger charge is 2.17. The van der Waals surface area contributed by atoms with Crippen LogP contribution < -0.4 is 10.2 Å². The number of hydrogen-bond donors (Lipinski definition) is 1. The van der Waals surface area contributed by atoms with Crippen molar-refractivity contribution in [3.8, 4) is 0 Å². The molecule has 0 saturated carbocycles. The Labute approximate surface area is 145 Å². The quantitative estimate of drug-likeness (QED) is 0.893. The number of nitrogens with one attached hydrogen (secondary N) is 1. The van der Waals surface area contributed by atoms with Crippen molar-refractivity contribution in [1.82, 2.24) is 0 Å². The molecule has 1 N–H and O–H groups in total. The molecule has 0 aromatic heterocycles. The molecular formula is C17H16Cl2N2O2. The smallest absolute Gasteiger partial charge is 0.244 e. The predicted octanol–water partition coefficient (Wildman–Crippen LogP) is 4.29. The molecule has 0 atom stereocenters. The lowest BCUT2D eigenvalue weighted by Crippen LogP contribution is -2.36. The molecule has 2 amide bonds. The zero-order chi connectivity index (χ0) is 17.0. The lowest BCUT2D eigenvalue weighted by molar-refractivity contribution is -0.120. The van der Waals surface area contributed by atoms with Crippen LogP contribution in [0.2, 0.25) is 10.0 Å². The van der Waals surface area contributed by atoms with Gasteiger partial charge in [-0.3, -0.25) is 9.59 Å². The molecule has 0 spiro atoms. The molecule has 0 saturated heterocycles. The van der Waals surface area contributed by atoms with Gasteiger partial charge in [-0.05, 0) is 42.8 Å². The number of halogens is 2. The maximum atomic E-state index is 12.2. The SMILES string of the molecule is CC(=O)N(CC(=O)Nc1cccc(C)c1)c1ccc(Cl)c(Cl)c1. The van der Waals surface area contributed by atoms with Crippen molar-refractivity contribution in [1.29, 1.82) is 0 Å². The molecule has 120 valence electrons. The van der Waals surface area contributed by atoms with Crippen LogP contribution in [-0.2, 0) is 9.59 Å². The number of hydrogen-bond acceptors (Lipinski definition) is 2. The maximum Gasteiger partial charge on any atom is 0.244 e. The van der Waals surface area contributed by atoms with E-state index in [1.807, 2.05) is 25.1 Å². The third-order valence-electron chi connectivity index (χ3n) is 3.20. The molecule has 0 fully saturated rings. The second-order valence-electron chi connectivity index (χ2n) is 5.12. The van der Waals surface area contributed by atoms with Gasteiger partial charge in [0.2, 0.25) is 11.8 Å². The highest BCUT2D eigenvalue weighted by atomic mass is 35.5. The van der Waals surface area contributed by atoms with E-state index < -0.39 is 0 Å². The lowest BCUT2D eigenvalue weighted by atomic mass is 10.2. The first-order valence-electron chi connectivity index (χ1n) is 6.96. The molecule has 4 nitrogen and oxygen atoms in total. The van der Waals surface area contributed by atoms with E-state index >= 15 is 0 Å². The van der Waals surface area contributed by atoms with Gasteiger partial charge in [0.15, 0.2) is 0 Å². The van der Waals surface area contributed by atoms with Gasteiger partial charge in [0, 0.05) is 18.3 Å². The van der Waals surface area contributed by atoms with Gasteiger partial charge < -0.3 is 10.2 Å². The Bertz CT molecular complexity index is 747. The molecule has 0 aliphatic carbocycles. The van der Waals surface area contributed by atoms with E-state index in [9.17, 15) is 9.59 Å². The second-order valence-corrected chi connectivity index (χ2v) is 5.94. The largest absolute Gasteiger partial charge is 0.325 e. The van der Waals surface area contributed by atoms with E-state index in [4.69, 9.17) is 23.2 Å². The van der Waals surface area contributed by atoms with Crippen LogP contribution in [0.4, 0.5) is 11.4 Å².